The Morgan fingerprint density at radius 2 is 1.62 bits per heavy atom. The first-order valence-corrected chi connectivity index (χ1v) is 8.84. The van der Waals surface area contributed by atoms with Crippen LogP contribution in [0.1, 0.15) is 56.9 Å². The number of ether oxygens (including phenoxy) is 1. The van der Waals surface area contributed by atoms with Gasteiger partial charge in [-0.1, -0.05) is 37.8 Å². The van der Waals surface area contributed by atoms with Gasteiger partial charge < -0.3 is 9.64 Å². The van der Waals surface area contributed by atoms with Crippen LogP contribution in [-0.2, 0) is 11.3 Å². The maximum atomic E-state index is 12.7. The zero-order chi connectivity index (χ0) is 16.9. The monoisotopic (exact) mass is 332 g/mol. The molecule has 2 saturated carbocycles. The third kappa shape index (κ3) is 3.68. The van der Waals surface area contributed by atoms with Gasteiger partial charge in [-0.15, -0.1) is 0 Å². The smallest absolute Gasteiger partial charge is 0.410 e. The Kier molecular flexibility index (Phi) is 5.33. The standard InChI is InChI=1S/C18H24N2O4/c21-18(24-13-14-7-1-6-12-17(14)20(22)23)19(15-8-2-3-9-15)16-10-4-5-11-16/h1,6-7,12,15-16H,2-5,8-11,13H2. The number of carbonyl (C=O) groups excluding carboxylic acids is 1. The number of hydrogen-bond donors (Lipinski definition) is 0. The molecule has 1 aromatic rings. The van der Waals surface area contributed by atoms with Crippen LogP contribution in [0.15, 0.2) is 24.3 Å². The van der Waals surface area contributed by atoms with Gasteiger partial charge >= 0.3 is 6.09 Å². The van der Waals surface area contributed by atoms with Crippen molar-refractivity contribution in [1.29, 1.82) is 0 Å². The van der Waals surface area contributed by atoms with Gasteiger partial charge in [0.25, 0.3) is 5.69 Å². The number of nitro benzene ring substituents is 1. The molecule has 2 fully saturated rings. The van der Waals surface area contributed by atoms with Crippen molar-refractivity contribution in [3.63, 3.8) is 0 Å². The zero-order valence-corrected chi connectivity index (χ0v) is 13.9. The van der Waals surface area contributed by atoms with Gasteiger partial charge in [0.15, 0.2) is 0 Å². The second kappa shape index (κ2) is 7.64. The molecular formula is C18H24N2O4. The molecular weight excluding hydrogens is 308 g/mol. The van der Waals surface area contributed by atoms with Crippen molar-refractivity contribution in [3.05, 3.63) is 39.9 Å². The summed E-state index contributed by atoms with van der Waals surface area (Å²) in [5.41, 5.74) is 0.437. The molecule has 2 aliphatic carbocycles. The quantitative estimate of drug-likeness (QED) is 0.591. The van der Waals surface area contributed by atoms with Crippen LogP contribution in [0.5, 0.6) is 0 Å². The Bertz CT molecular complexity index is 576. The molecule has 0 radical (unpaired) electrons. The van der Waals surface area contributed by atoms with Gasteiger partial charge in [0.2, 0.25) is 0 Å². The molecule has 130 valence electrons. The molecule has 0 saturated heterocycles. The molecule has 0 heterocycles. The van der Waals surface area contributed by atoms with E-state index in [1.165, 1.54) is 6.07 Å². The molecule has 0 atom stereocenters. The minimum Gasteiger partial charge on any atom is -0.444 e. The Labute approximate surface area is 141 Å². The number of nitro groups is 1. The van der Waals surface area contributed by atoms with Gasteiger partial charge in [0.1, 0.15) is 6.61 Å². The fourth-order valence-corrected chi connectivity index (χ4v) is 3.99. The first-order chi connectivity index (χ1) is 11.7. The van der Waals surface area contributed by atoms with Crippen molar-refractivity contribution in [2.45, 2.75) is 70.1 Å². The van der Waals surface area contributed by atoms with Crippen LogP contribution in [0.3, 0.4) is 0 Å². The van der Waals surface area contributed by atoms with E-state index < -0.39 is 4.92 Å². The topological polar surface area (TPSA) is 72.7 Å². The van der Waals surface area contributed by atoms with Crippen molar-refractivity contribution in [1.82, 2.24) is 4.90 Å². The number of hydrogen-bond acceptors (Lipinski definition) is 4. The largest absolute Gasteiger partial charge is 0.444 e. The number of benzene rings is 1. The van der Waals surface area contributed by atoms with E-state index in [1.54, 1.807) is 18.2 Å². The summed E-state index contributed by atoms with van der Waals surface area (Å²) in [6.07, 6.45) is 8.47. The van der Waals surface area contributed by atoms with Crippen LogP contribution in [0.4, 0.5) is 10.5 Å². The molecule has 3 rings (SSSR count). The summed E-state index contributed by atoms with van der Waals surface area (Å²) in [5.74, 6) is 0. The van der Waals surface area contributed by atoms with Crippen LogP contribution >= 0.6 is 0 Å². The SMILES string of the molecule is O=C(OCc1ccccc1[N+](=O)[O-])N(C1CCCC1)C1CCCC1. The molecule has 24 heavy (non-hydrogen) atoms. The fraction of sp³-hybridized carbons (Fsp3) is 0.611. The number of rotatable bonds is 5. The van der Waals surface area contributed by atoms with Crippen LogP contribution < -0.4 is 0 Å². The minimum absolute atomic E-state index is 0.00131. The Morgan fingerprint density at radius 1 is 1.08 bits per heavy atom. The average Bonchev–Trinajstić information content (AvgIpc) is 3.28. The van der Waals surface area contributed by atoms with Crippen LogP contribution in [0, 0.1) is 10.1 Å². The van der Waals surface area contributed by atoms with Gasteiger partial charge in [-0.2, -0.15) is 0 Å². The lowest BCUT2D eigenvalue weighted by atomic mass is 10.1. The predicted molar refractivity (Wildman–Crippen MR) is 89.6 cm³/mol. The Morgan fingerprint density at radius 3 is 2.17 bits per heavy atom. The lowest BCUT2D eigenvalue weighted by Gasteiger charge is -2.33. The van der Waals surface area contributed by atoms with Crippen molar-refractivity contribution >= 4 is 11.8 Å². The lowest BCUT2D eigenvalue weighted by molar-refractivity contribution is -0.385. The van der Waals surface area contributed by atoms with E-state index in [1.807, 2.05) is 4.90 Å². The van der Waals surface area contributed by atoms with Gasteiger partial charge in [0, 0.05) is 18.2 Å². The van der Waals surface area contributed by atoms with Gasteiger partial charge in [-0.3, -0.25) is 10.1 Å². The number of para-hydroxylation sites is 1. The normalized spacial score (nSPS) is 18.7. The summed E-state index contributed by atoms with van der Waals surface area (Å²) in [7, 11) is 0. The summed E-state index contributed by atoms with van der Waals surface area (Å²) in [6.45, 7) is -0.0497. The maximum absolute atomic E-state index is 12.7. The molecule has 6 nitrogen and oxygen atoms in total. The Hall–Kier alpha value is -2.11. The van der Waals surface area contributed by atoms with E-state index in [-0.39, 0.29) is 30.5 Å². The average molecular weight is 332 g/mol. The van der Waals surface area contributed by atoms with E-state index in [9.17, 15) is 14.9 Å². The highest BCUT2D eigenvalue weighted by Gasteiger charge is 2.35. The molecule has 0 unspecified atom stereocenters. The highest BCUT2D eigenvalue weighted by Crippen LogP contribution is 2.32. The molecule has 1 amide bonds. The van der Waals surface area contributed by atoms with Crippen molar-refractivity contribution in [2.75, 3.05) is 0 Å². The van der Waals surface area contributed by atoms with Gasteiger partial charge in [0.05, 0.1) is 10.5 Å². The second-order valence-electron chi connectivity index (χ2n) is 6.72. The van der Waals surface area contributed by atoms with Crippen LogP contribution in [-0.4, -0.2) is 28.0 Å². The van der Waals surface area contributed by atoms with E-state index in [0.717, 1.165) is 51.4 Å². The molecule has 0 N–H and O–H groups in total. The summed E-state index contributed by atoms with van der Waals surface area (Å²) in [5, 5.41) is 11.1. The molecule has 6 heteroatoms. The molecule has 1 aromatic carbocycles. The minimum atomic E-state index is -0.436. The summed E-state index contributed by atoms with van der Waals surface area (Å²) >= 11 is 0. The fourth-order valence-electron chi connectivity index (χ4n) is 3.99. The van der Waals surface area contributed by atoms with Crippen LogP contribution in [0.2, 0.25) is 0 Å². The molecule has 0 bridgehead atoms. The van der Waals surface area contributed by atoms with E-state index >= 15 is 0 Å². The highest BCUT2D eigenvalue weighted by molar-refractivity contribution is 5.68. The first kappa shape index (κ1) is 16.7. The van der Waals surface area contributed by atoms with E-state index in [2.05, 4.69) is 0 Å². The number of carbonyl (C=O) groups is 1. The highest BCUT2D eigenvalue weighted by atomic mass is 16.6. The number of nitrogens with zero attached hydrogens (tertiary/aromatic N) is 2. The summed E-state index contributed by atoms with van der Waals surface area (Å²) in [6, 6.07) is 6.96. The summed E-state index contributed by atoms with van der Waals surface area (Å²) < 4.78 is 5.49. The zero-order valence-electron chi connectivity index (χ0n) is 13.9. The molecule has 0 spiro atoms. The lowest BCUT2D eigenvalue weighted by Crippen LogP contribution is -2.45. The number of amides is 1. The Balaban J connectivity index is 1.68. The summed E-state index contributed by atoms with van der Waals surface area (Å²) in [4.78, 5) is 25.3. The van der Waals surface area contributed by atoms with Gasteiger partial charge in [-0.25, -0.2) is 4.79 Å². The molecule has 0 aromatic heterocycles. The maximum Gasteiger partial charge on any atom is 0.410 e. The van der Waals surface area contributed by atoms with Crippen molar-refractivity contribution < 1.29 is 14.5 Å². The van der Waals surface area contributed by atoms with E-state index in [4.69, 9.17) is 4.74 Å². The van der Waals surface area contributed by atoms with Crippen LogP contribution in [0.25, 0.3) is 0 Å². The second-order valence-corrected chi connectivity index (χ2v) is 6.72. The third-order valence-electron chi connectivity index (χ3n) is 5.19. The molecule has 0 aliphatic heterocycles. The van der Waals surface area contributed by atoms with Crippen molar-refractivity contribution in [2.24, 2.45) is 0 Å². The predicted octanol–water partition coefficient (Wildman–Crippen LogP) is 4.42. The van der Waals surface area contributed by atoms with Crippen molar-refractivity contribution in [3.8, 4) is 0 Å². The van der Waals surface area contributed by atoms with Gasteiger partial charge in [-0.05, 0) is 31.7 Å². The first-order valence-electron chi connectivity index (χ1n) is 8.84. The van der Waals surface area contributed by atoms with E-state index in [0.29, 0.717) is 5.56 Å². The third-order valence-corrected chi connectivity index (χ3v) is 5.19. The molecule has 2 aliphatic rings.